The fourth-order valence-corrected chi connectivity index (χ4v) is 3.53. The van der Waals surface area contributed by atoms with Gasteiger partial charge in [0.15, 0.2) is 0 Å². The molecule has 0 bridgehead atoms. The van der Waals surface area contributed by atoms with Gasteiger partial charge in [-0.15, -0.1) is 0 Å². The summed E-state index contributed by atoms with van der Waals surface area (Å²) in [7, 11) is 0. The lowest BCUT2D eigenvalue weighted by Crippen LogP contribution is -2.36. The van der Waals surface area contributed by atoms with Crippen molar-refractivity contribution in [2.75, 3.05) is 18.0 Å². The molecule has 3 heterocycles. The maximum atomic E-state index is 12.5. The summed E-state index contributed by atoms with van der Waals surface area (Å²) in [5, 5.41) is 8.80. The van der Waals surface area contributed by atoms with Crippen molar-refractivity contribution in [3.63, 3.8) is 0 Å². The quantitative estimate of drug-likeness (QED) is 0.897. The Labute approximate surface area is 117 Å². The SMILES string of the molecule is CCn1ncc2c(N3CC4CCNC4C3=O)cccc21. The van der Waals surface area contributed by atoms with Gasteiger partial charge in [0, 0.05) is 24.4 Å². The lowest BCUT2D eigenvalue weighted by atomic mass is 10.1. The number of hydrogen-bond acceptors (Lipinski definition) is 3. The fraction of sp³-hybridized carbons (Fsp3) is 0.467. The van der Waals surface area contributed by atoms with E-state index in [4.69, 9.17) is 0 Å². The number of aryl methyl sites for hydroxylation is 1. The summed E-state index contributed by atoms with van der Waals surface area (Å²) in [6.07, 6.45) is 2.97. The highest BCUT2D eigenvalue weighted by molar-refractivity contribution is 6.06. The maximum absolute atomic E-state index is 12.5. The van der Waals surface area contributed by atoms with Gasteiger partial charge in [-0.2, -0.15) is 5.10 Å². The van der Waals surface area contributed by atoms with Crippen LogP contribution in [0.2, 0.25) is 0 Å². The summed E-state index contributed by atoms with van der Waals surface area (Å²) in [5.74, 6) is 0.670. The molecule has 1 amide bonds. The second-order valence-corrected chi connectivity index (χ2v) is 5.60. The van der Waals surface area contributed by atoms with E-state index in [1.165, 1.54) is 0 Å². The minimum atomic E-state index is 0.0199. The third-order valence-electron chi connectivity index (χ3n) is 4.55. The van der Waals surface area contributed by atoms with Crippen molar-refractivity contribution in [2.45, 2.75) is 25.9 Å². The minimum Gasteiger partial charge on any atom is -0.310 e. The maximum Gasteiger partial charge on any atom is 0.244 e. The van der Waals surface area contributed by atoms with Crippen LogP contribution in [0.3, 0.4) is 0 Å². The van der Waals surface area contributed by atoms with Crippen molar-refractivity contribution in [2.24, 2.45) is 5.92 Å². The highest BCUT2D eigenvalue weighted by atomic mass is 16.2. The molecule has 20 heavy (non-hydrogen) atoms. The summed E-state index contributed by atoms with van der Waals surface area (Å²) < 4.78 is 1.97. The Morgan fingerprint density at radius 3 is 3.15 bits per heavy atom. The molecule has 0 aliphatic carbocycles. The molecule has 104 valence electrons. The third kappa shape index (κ3) is 1.53. The number of anilines is 1. The van der Waals surface area contributed by atoms with E-state index in [9.17, 15) is 4.79 Å². The molecule has 2 aliphatic heterocycles. The topological polar surface area (TPSA) is 50.2 Å². The predicted molar refractivity (Wildman–Crippen MR) is 77.7 cm³/mol. The van der Waals surface area contributed by atoms with Gasteiger partial charge in [-0.25, -0.2) is 0 Å². The smallest absolute Gasteiger partial charge is 0.244 e. The van der Waals surface area contributed by atoms with Gasteiger partial charge < -0.3 is 10.2 Å². The number of benzene rings is 1. The van der Waals surface area contributed by atoms with Gasteiger partial charge in [0.25, 0.3) is 0 Å². The second kappa shape index (κ2) is 4.31. The first kappa shape index (κ1) is 11.9. The number of carbonyl (C=O) groups is 1. The molecule has 5 nitrogen and oxygen atoms in total. The number of fused-ring (bicyclic) bond motifs is 2. The van der Waals surface area contributed by atoms with E-state index >= 15 is 0 Å². The molecule has 1 aromatic carbocycles. The average Bonchev–Trinajstić information content (AvgIpc) is 3.14. The number of nitrogens with one attached hydrogen (secondary N) is 1. The molecule has 2 aromatic rings. The molecule has 1 aromatic heterocycles. The van der Waals surface area contributed by atoms with Crippen LogP contribution in [0, 0.1) is 5.92 Å². The van der Waals surface area contributed by atoms with Gasteiger partial charge >= 0.3 is 0 Å². The molecule has 0 radical (unpaired) electrons. The van der Waals surface area contributed by atoms with E-state index in [2.05, 4.69) is 23.4 Å². The molecular formula is C15H18N4O. The molecular weight excluding hydrogens is 252 g/mol. The summed E-state index contributed by atoms with van der Waals surface area (Å²) >= 11 is 0. The third-order valence-corrected chi connectivity index (χ3v) is 4.55. The molecule has 2 unspecified atom stereocenters. The zero-order valence-electron chi connectivity index (χ0n) is 11.5. The largest absolute Gasteiger partial charge is 0.310 e. The molecule has 5 heteroatoms. The standard InChI is InChI=1S/C15H18N4O/c1-2-19-13-5-3-4-12(11(13)8-17-19)18-9-10-6-7-16-14(10)15(18)20/h3-5,8,10,14,16H,2,6-7,9H2,1H3. The van der Waals surface area contributed by atoms with Crippen LogP contribution in [0.5, 0.6) is 0 Å². The van der Waals surface area contributed by atoms with Gasteiger partial charge in [0.1, 0.15) is 0 Å². The van der Waals surface area contributed by atoms with Crippen LogP contribution in [0.15, 0.2) is 24.4 Å². The van der Waals surface area contributed by atoms with Gasteiger partial charge in [-0.3, -0.25) is 9.48 Å². The molecule has 1 N–H and O–H groups in total. The fourth-order valence-electron chi connectivity index (χ4n) is 3.53. The van der Waals surface area contributed by atoms with Gasteiger partial charge in [0.2, 0.25) is 5.91 Å². The van der Waals surface area contributed by atoms with Crippen LogP contribution in [0.1, 0.15) is 13.3 Å². The van der Waals surface area contributed by atoms with Crippen LogP contribution in [-0.4, -0.2) is 34.8 Å². The first-order valence-electron chi connectivity index (χ1n) is 7.29. The van der Waals surface area contributed by atoms with E-state index < -0.39 is 0 Å². The van der Waals surface area contributed by atoms with Crippen molar-refractivity contribution in [3.8, 4) is 0 Å². The van der Waals surface area contributed by atoms with Crippen molar-refractivity contribution >= 4 is 22.5 Å². The first-order valence-corrected chi connectivity index (χ1v) is 7.29. The highest BCUT2D eigenvalue weighted by Gasteiger charge is 2.43. The van der Waals surface area contributed by atoms with E-state index in [-0.39, 0.29) is 11.9 Å². The Hall–Kier alpha value is -1.88. The van der Waals surface area contributed by atoms with Gasteiger partial charge in [-0.1, -0.05) is 6.07 Å². The van der Waals surface area contributed by atoms with Crippen LogP contribution in [0.4, 0.5) is 5.69 Å². The van der Waals surface area contributed by atoms with Crippen molar-refractivity contribution < 1.29 is 4.79 Å². The molecule has 2 aliphatic rings. The van der Waals surface area contributed by atoms with Gasteiger partial charge in [-0.05, 0) is 32.0 Å². The summed E-state index contributed by atoms with van der Waals surface area (Å²) in [4.78, 5) is 14.5. The zero-order valence-corrected chi connectivity index (χ0v) is 11.5. The molecule has 2 saturated heterocycles. The number of aromatic nitrogens is 2. The van der Waals surface area contributed by atoms with Crippen LogP contribution in [0.25, 0.3) is 10.9 Å². The molecule has 4 rings (SSSR count). The summed E-state index contributed by atoms with van der Waals surface area (Å²) in [6.45, 7) is 4.71. The monoisotopic (exact) mass is 270 g/mol. The summed E-state index contributed by atoms with van der Waals surface area (Å²) in [5.41, 5.74) is 2.10. The highest BCUT2D eigenvalue weighted by Crippen LogP contribution is 2.34. The van der Waals surface area contributed by atoms with Crippen LogP contribution in [-0.2, 0) is 11.3 Å². The average molecular weight is 270 g/mol. The van der Waals surface area contributed by atoms with E-state index in [0.717, 1.165) is 42.6 Å². The molecule has 0 spiro atoms. The second-order valence-electron chi connectivity index (χ2n) is 5.60. The number of amides is 1. The Balaban J connectivity index is 1.79. The van der Waals surface area contributed by atoms with E-state index in [0.29, 0.717) is 5.92 Å². The zero-order chi connectivity index (χ0) is 13.7. The number of nitrogens with zero attached hydrogens (tertiary/aromatic N) is 3. The van der Waals surface area contributed by atoms with E-state index in [1.54, 1.807) is 0 Å². The lowest BCUT2D eigenvalue weighted by molar-refractivity contribution is -0.118. The normalized spacial score (nSPS) is 25.6. The number of rotatable bonds is 2. The first-order chi connectivity index (χ1) is 9.79. The minimum absolute atomic E-state index is 0.0199. The van der Waals surface area contributed by atoms with Gasteiger partial charge in [0.05, 0.1) is 23.4 Å². The Morgan fingerprint density at radius 2 is 2.35 bits per heavy atom. The van der Waals surface area contributed by atoms with Crippen LogP contribution < -0.4 is 10.2 Å². The van der Waals surface area contributed by atoms with Crippen molar-refractivity contribution in [1.82, 2.24) is 15.1 Å². The molecule has 2 fully saturated rings. The number of hydrogen-bond donors (Lipinski definition) is 1. The van der Waals surface area contributed by atoms with Crippen molar-refractivity contribution in [3.05, 3.63) is 24.4 Å². The van der Waals surface area contributed by atoms with Crippen LogP contribution >= 0.6 is 0 Å². The Kier molecular flexibility index (Phi) is 2.57. The molecule has 2 atom stereocenters. The Morgan fingerprint density at radius 1 is 1.45 bits per heavy atom. The number of carbonyl (C=O) groups excluding carboxylic acids is 1. The lowest BCUT2D eigenvalue weighted by Gasteiger charge is -2.18. The summed E-state index contributed by atoms with van der Waals surface area (Å²) in [6, 6.07) is 6.13. The van der Waals surface area contributed by atoms with Crippen molar-refractivity contribution in [1.29, 1.82) is 0 Å². The predicted octanol–water partition coefficient (Wildman–Crippen LogP) is 1.38. The van der Waals surface area contributed by atoms with E-state index in [1.807, 2.05) is 27.9 Å². The Bertz CT molecular complexity index is 678. The molecule has 0 saturated carbocycles.